The Labute approximate surface area is 98.6 Å². The molecule has 0 aromatic rings. The van der Waals surface area contributed by atoms with Crippen molar-refractivity contribution >= 4 is 5.91 Å². The van der Waals surface area contributed by atoms with Crippen molar-refractivity contribution in [1.29, 1.82) is 0 Å². The largest absolute Gasteiger partial charge is 0.368 e. The minimum Gasteiger partial charge on any atom is -0.368 e. The van der Waals surface area contributed by atoms with Gasteiger partial charge in [-0.3, -0.25) is 4.79 Å². The van der Waals surface area contributed by atoms with E-state index in [0.29, 0.717) is 6.04 Å². The first-order chi connectivity index (χ1) is 7.39. The van der Waals surface area contributed by atoms with E-state index in [-0.39, 0.29) is 5.91 Å². The number of hydrogen-bond acceptors (Lipinski definition) is 3. The highest BCUT2D eigenvalue weighted by Gasteiger charge is 2.34. The van der Waals surface area contributed by atoms with E-state index in [2.05, 4.69) is 24.1 Å². The van der Waals surface area contributed by atoms with E-state index in [9.17, 15) is 4.79 Å². The van der Waals surface area contributed by atoms with Gasteiger partial charge in [0, 0.05) is 12.6 Å². The van der Waals surface area contributed by atoms with Gasteiger partial charge in [0.25, 0.3) is 0 Å². The molecule has 3 atom stereocenters. The zero-order valence-corrected chi connectivity index (χ0v) is 10.9. The van der Waals surface area contributed by atoms with E-state index in [1.54, 1.807) is 7.05 Å². The average molecular weight is 227 g/mol. The molecule has 0 aromatic carbocycles. The first kappa shape index (κ1) is 13.5. The molecule has 0 bridgehead atoms. The monoisotopic (exact) mass is 227 g/mol. The highest BCUT2D eigenvalue weighted by atomic mass is 16.1. The quantitative estimate of drug-likeness (QED) is 0.722. The van der Waals surface area contributed by atoms with Crippen LogP contribution >= 0.6 is 0 Å². The molecule has 0 radical (unpaired) electrons. The number of hydrogen-bond donors (Lipinski definition) is 2. The summed E-state index contributed by atoms with van der Waals surface area (Å²) in [7, 11) is 1.80. The molecule has 0 aliphatic carbocycles. The smallest absolute Gasteiger partial charge is 0.237 e. The van der Waals surface area contributed by atoms with Crippen LogP contribution in [0.5, 0.6) is 0 Å². The van der Waals surface area contributed by atoms with Gasteiger partial charge in [-0.2, -0.15) is 0 Å². The van der Waals surface area contributed by atoms with Crippen LogP contribution in [0, 0.1) is 5.92 Å². The van der Waals surface area contributed by atoms with Crippen molar-refractivity contribution < 1.29 is 4.79 Å². The third-order valence-electron chi connectivity index (χ3n) is 3.88. The molecule has 1 amide bonds. The fraction of sp³-hybridized carbons (Fsp3) is 0.917. The van der Waals surface area contributed by atoms with Gasteiger partial charge < -0.3 is 16.0 Å². The molecule has 1 heterocycles. The molecule has 16 heavy (non-hydrogen) atoms. The van der Waals surface area contributed by atoms with Crippen LogP contribution in [0.4, 0.5) is 0 Å². The summed E-state index contributed by atoms with van der Waals surface area (Å²) in [5.41, 5.74) is 4.84. The summed E-state index contributed by atoms with van der Waals surface area (Å²) < 4.78 is 0. The molecule has 0 spiro atoms. The summed E-state index contributed by atoms with van der Waals surface area (Å²) >= 11 is 0. The number of likely N-dealkylation sites (tertiary alicyclic amines) is 1. The Morgan fingerprint density at radius 1 is 1.69 bits per heavy atom. The van der Waals surface area contributed by atoms with Gasteiger partial charge in [-0.15, -0.1) is 0 Å². The molecule has 1 saturated heterocycles. The predicted octanol–water partition coefficient (Wildman–Crippen LogP) is 0.570. The maximum atomic E-state index is 11.4. The van der Waals surface area contributed by atoms with Crippen molar-refractivity contribution in [2.24, 2.45) is 11.7 Å². The molecule has 94 valence electrons. The van der Waals surface area contributed by atoms with Gasteiger partial charge in [0.2, 0.25) is 5.91 Å². The Balaban J connectivity index is 2.55. The maximum Gasteiger partial charge on any atom is 0.237 e. The minimum absolute atomic E-state index is 0.269. The molecule has 4 nitrogen and oxygen atoms in total. The molecule has 3 N–H and O–H groups in total. The fourth-order valence-electron chi connectivity index (χ4n) is 2.42. The van der Waals surface area contributed by atoms with Crippen molar-refractivity contribution in [3.63, 3.8) is 0 Å². The SMILES string of the molecule is CNC(C)(CC(C)N1CCC(C)C1)C(N)=O. The standard InChI is InChI=1S/C12H25N3O/c1-9-5-6-15(8-9)10(2)7-12(3,14-4)11(13)16/h9-10,14H,5-8H2,1-4H3,(H2,13,16). The summed E-state index contributed by atoms with van der Waals surface area (Å²) in [4.78, 5) is 13.9. The first-order valence-corrected chi connectivity index (χ1v) is 6.12. The number of nitrogens with one attached hydrogen (secondary N) is 1. The number of likely N-dealkylation sites (N-methyl/N-ethyl adjacent to an activating group) is 1. The second kappa shape index (κ2) is 5.15. The average Bonchev–Trinajstić information content (AvgIpc) is 2.64. The van der Waals surface area contributed by atoms with Crippen LogP contribution in [0.2, 0.25) is 0 Å². The van der Waals surface area contributed by atoms with E-state index in [4.69, 9.17) is 5.73 Å². The molecule has 0 saturated carbocycles. The molecule has 3 unspecified atom stereocenters. The summed E-state index contributed by atoms with van der Waals surface area (Å²) in [6.07, 6.45) is 2.03. The van der Waals surface area contributed by atoms with E-state index in [1.807, 2.05) is 6.92 Å². The van der Waals surface area contributed by atoms with E-state index in [1.165, 1.54) is 6.42 Å². The minimum atomic E-state index is -0.592. The topological polar surface area (TPSA) is 58.4 Å². The van der Waals surface area contributed by atoms with Crippen molar-refractivity contribution in [2.45, 2.75) is 45.2 Å². The predicted molar refractivity (Wildman–Crippen MR) is 66.1 cm³/mol. The van der Waals surface area contributed by atoms with E-state index >= 15 is 0 Å². The third-order valence-corrected chi connectivity index (χ3v) is 3.88. The fourth-order valence-corrected chi connectivity index (χ4v) is 2.42. The summed E-state index contributed by atoms with van der Waals surface area (Å²) in [5.74, 6) is 0.506. The van der Waals surface area contributed by atoms with Gasteiger partial charge in [0.15, 0.2) is 0 Å². The molecule has 0 aromatic heterocycles. The van der Waals surface area contributed by atoms with Crippen LogP contribution in [0.15, 0.2) is 0 Å². The molecule has 1 fully saturated rings. The molecular weight excluding hydrogens is 202 g/mol. The van der Waals surface area contributed by atoms with Crippen LogP contribution < -0.4 is 11.1 Å². The lowest BCUT2D eigenvalue weighted by molar-refractivity contribution is -0.124. The van der Waals surface area contributed by atoms with Gasteiger partial charge in [-0.1, -0.05) is 6.92 Å². The summed E-state index contributed by atoms with van der Waals surface area (Å²) in [5, 5.41) is 3.04. The Bertz CT molecular complexity index is 257. The van der Waals surface area contributed by atoms with Crippen molar-refractivity contribution in [3.05, 3.63) is 0 Å². The lowest BCUT2D eigenvalue weighted by Gasteiger charge is -2.33. The van der Waals surface area contributed by atoms with Crippen molar-refractivity contribution in [3.8, 4) is 0 Å². The van der Waals surface area contributed by atoms with Gasteiger partial charge in [-0.25, -0.2) is 0 Å². The van der Waals surface area contributed by atoms with E-state index in [0.717, 1.165) is 25.4 Å². The first-order valence-electron chi connectivity index (χ1n) is 6.12. The number of nitrogens with zero attached hydrogens (tertiary/aromatic N) is 1. The van der Waals surface area contributed by atoms with Crippen molar-refractivity contribution in [1.82, 2.24) is 10.2 Å². The molecule has 4 heteroatoms. The van der Waals surface area contributed by atoms with Crippen LogP contribution in [-0.2, 0) is 4.79 Å². The third kappa shape index (κ3) is 2.95. The Kier molecular flexibility index (Phi) is 4.33. The zero-order valence-electron chi connectivity index (χ0n) is 10.9. The summed E-state index contributed by atoms with van der Waals surface area (Å²) in [6.45, 7) is 8.61. The second-order valence-corrected chi connectivity index (χ2v) is 5.39. The number of nitrogens with two attached hydrogens (primary N) is 1. The van der Waals surface area contributed by atoms with Crippen LogP contribution in [0.1, 0.15) is 33.6 Å². The normalized spacial score (nSPS) is 27.6. The van der Waals surface area contributed by atoms with Gasteiger partial charge in [0.1, 0.15) is 0 Å². The number of rotatable bonds is 5. The van der Waals surface area contributed by atoms with Gasteiger partial charge >= 0.3 is 0 Å². The lowest BCUT2D eigenvalue weighted by atomic mass is 9.92. The van der Waals surface area contributed by atoms with Gasteiger partial charge in [0.05, 0.1) is 5.54 Å². The molecule has 1 rings (SSSR count). The molecule has 1 aliphatic heterocycles. The molecule has 1 aliphatic rings. The van der Waals surface area contributed by atoms with Gasteiger partial charge in [-0.05, 0) is 46.2 Å². The van der Waals surface area contributed by atoms with Crippen LogP contribution in [0.25, 0.3) is 0 Å². The summed E-state index contributed by atoms with van der Waals surface area (Å²) in [6, 6.07) is 0.398. The highest BCUT2D eigenvalue weighted by molar-refractivity contribution is 5.84. The number of amides is 1. The van der Waals surface area contributed by atoms with Crippen LogP contribution in [0.3, 0.4) is 0 Å². The molecular formula is C12H25N3O. The zero-order chi connectivity index (χ0) is 12.3. The van der Waals surface area contributed by atoms with Crippen molar-refractivity contribution in [2.75, 3.05) is 20.1 Å². The lowest BCUT2D eigenvalue weighted by Crippen LogP contribution is -2.54. The Morgan fingerprint density at radius 3 is 2.69 bits per heavy atom. The maximum absolute atomic E-state index is 11.4. The number of carbonyl (C=O) groups excluding carboxylic acids is 1. The Morgan fingerprint density at radius 2 is 2.31 bits per heavy atom. The number of carbonyl (C=O) groups is 1. The van der Waals surface area contributed by atoms with E-state index < -0.39 is 5.54 Å². The highest BCUT2D eigenvalue weighted by Crippen LogP contribution is 2.22. The Hall–Kier alpha value is -0.610. The number of primary amides is 1. The van der Waals surface area contributed by atoms with Crippen LogP contribution in [-0.4, -0.2) is 42.5 Å². The second-order valence-electron chi connectivity index (χ2n) is 5.39.